The summed E-state index contributed by atoms with van der Waals surface area (Å²) in [5.41, 5.74) is 3.06. The van der Waals surface area contributed by atoms with E-state index in [2.05, 4.69) is 5.32 Å². The standard InChI is InChI=1S/C19H18N2O2/c1-13-5-4-6-14(11-13)17(22)21-10-9-19(12-21)15-7-2-3-8-16(15)20-18(19)23/h2-8,11H,9-10,12H2,1H3,(H,20,23)/t19-/m0/s1. The molecule has 2 aromatic rings. The molecule has 1 spiro atoms. The molecule has 4 rings (SSSR count). The molecule has 2 aromatic carbocycles. The van der Waals surface area contributed by atoms with Crippen LogP contribution in [0.15, 0.2) is 48.5 Å². The number of hydrogen-bond acceptors (Lipinski definition) is 2. The van der Waals surface area contributed by atoms with Crippen LogP contribution in [0, 0.1) is 6.92 Å². The van der Waals surface area contributed by atoms with E-state index in [1.807, 2.05) is 55.5 Å². The second-order valence-electron chi connectivity index (χ2n) is 6.43. The lowest BCUT2D eigenvalue weighted by Gasteiger charge is -2.22. The lowest BCUT2D eigenvalue weighted by molar-refractivity contribution is -0.120. The van der Waals surface area contributed by atoms with E-state index in [0.717, 1.165) is 16.8 Å². The zero-order chi connectivity index (χ0) is 16.0. The third kappa shape index (κ3) is 2.05. The van der Waals surface area contributed by atoms with Crippen molar-refractivity contribution < 1.29 is 9.59 Å². The summed E-state index contributed by atoms with van der Waals surface area (Å²) in [6.45, 7) is 3.03. The van der Waals surface area contributed by atoms with E-state index in [4.69, 9.17) is 0 Å². The number of carbonyl (C=O) groups excluding carboxylic acids is 2. The smallest absolute Gasteiger partial charge is 0.253 e. The molecule has 0 saturated carbocycles. The molecule has 1 fully saturated rings. The van der Waals surface area contributed by atoms with Gasteiger partial charge in [-0.1, -0.05) is 35.9 Å². The van der Waals surface area contributed by atoms with E-state index in [0.29, 0.717) is 25.1 Å². The van der Waals surface area contributed by atoms with Crippen LogP contribution in [0.3, 0.4) is 0 Å². The highest BCUT2D eigenvalue weighted by molar-refractivity contribution is 6.07. The highest BCUT2D eigenvalue weighted by Gasteiger charge is 2.51. The summed E-state index contributed by atoms with van der Waals surface area (Å²) in [5.74, 6) is 0.0148. The van der Waals surface area contributed by atoms with Crippen molar-refractivity contribution >= 4 is 17.5 Å². The van der Waals surface area contributed by atoms with Crippen LogP contribution in [-0.2, 0) is 10.2 Å². The molecule has 2 aliphatic rings. The van der Waals surface area contributed by atoms with Gasteiger partial charge in [-0.15, -0.1) is 0 Å². The van der Waals surface area contributed by atoms with Gasteiger partial charge in [0.25, 0.3) is 5.91 Å². The summed E-state index contributed by atoms with van der Waals surface area (Å²) in [6, 6.07) is 15.4. The molecule has 0 radical (unpaired) electrons. The molecule has 4 nitrogen and oxygen atoms in total. The third-order valence-electron chi connectivity index (χ3n) is 4.95. The molecule has 4 heteroatoms. The van der Waals surface area contributed by atoms with Gasteiger partial charge < -0.3 is 10.2 Å². The molecule has 1 atom stereocenters. The van der Waals surface area contributed by atoms with Gasteiger partial charge in [0, 0.05) is 24.3 Å². The average molecular weight is 306 g/mol. The van der Waals surface area contributed by atoms with E-state index < -0.39 is 5.41 Å². The fourth-order valence-electron chi connectivity index (χ4n) is 3.72. The summed E-state index contributed by atoms with van der Waals surface area (Å²) < 4.78 is 0. The maximum atomic E-state index is 12.8. The molecule has 1 N–H and O–H groups in total. The van der Waals surface area contributed by atoms with Crippen molar-refractivity contribution in [1.29, 1.82) is 0 Å². The van der Waals surface area contributed by atoms with Crippen LogP contribution in [0.2, 0.25) is 0 Å². The Bertz CT molecular complexity index is 815. The Balaban J connectivity index is 1.65. The van der Waals surface area contributed by atoms with Crippen LogP contribution in [-0.4, -0.2) is 29.8 Å². The first-order valence-corrected chi connectivity index (χ1v) is 7.87. The molecule has 2 amide bonds. The first kappa shape index (κ1) is 14.0. The molecule has 0 aromatic heterocycles. The Hall–Kier alpha value is -2.62. The fraction of sp³-hybridized carbons (Fsp3) is 0.263. The van der Waals surface area contributed by atoms with Crippen LogP contribution < -0.4 is 5.32 Å². The highest BCUT2D eigenvalue weighted by Crippen LogP contribution is 2.44. The zero-order valence-electron chi connectivity index (χ0n) is 13.0. The molecule has 116 valence electrons. The summed E-state index contributed by atoms with van der Waals surface area (Å²) >= 11 is 0. The topological polar surface area (TPSA) is 49.4 Å². The molecule has 0 bridgehead atoms. The van der Waals surface area contributed by atoms with Gasteiger partial charge in [-0.05, 0) is 37.1 Å². The number of anilines is 1. The van der Waals surface area contributed by atoms with Crippen LogP contribution in [0.1, 0.15) is 27.9 Å². The van der Waals surface area contributed by atoms with Crippen molar-refractivity contribution in [3.05, 3.63) is 65.2 Å². The van der Waals surface area contributed by atoms with Gasteiger partial charge in [0.05, 0.1) is 5.41 Å². The largest absolute Gasteiger partial charge is 0.337 e. The van der Waals surface area contributed by atoms with E-state index in [-0.39, 0.29) is 11.8 Å². The van der Waals surface area contributed by atoms with Crippen molar-refractivity contribution in [3.8, 4) is 0 Å². The van der Waals surface area contributed by atoms with Gasteiger partial charge >= 0.3 is 0 Å². The number of likely N-dealkylation sites (tertiary alicyclic amines) is 1. The number of aryl methyl sites for hydroxylation is 1. The Morgan fingerprint density at radius 1 is 1.17 bits per heavy atom. The Morgan fingerprint density at radius 3 is 2.83 bits per heavy atom. The highest BCUT2D eigenvalue weighted by atomic mass is 16.2. The quantitative estimate of drug-likeness (QED) is 0.880. The monoisotopic (exact) mass is 306 g/mol. The van der Waals surface area contributed by atoms with Crippen molar-refractivity contribution in [2.24, 2.45) is 0 Å². The van der Waals surface area contributed by atoms with Crippen molar-refractivity contribution in [2.75, 3.05) is 18.4 Å². The van der Waals surface area contributed by atoms with Gasteiger partial charge in [0.1, 0.15) is 0 Å². The SMILES string of the molecule is Cc1cccc(C(=O)N2CC[C@@]3(C2)C(=O)Nc2ccccc23)c1. The second kappa shape index (κ2) is 4.95. The minimum Gasteiger partial charge on any atom is -0.337 e. The predicted octanol–water partition coefficient (Wildman–Crippen LogP) is 2.73. The summed E-state index contributed by atoms with van der Waals surface area (Å²) in [4.78, 5) is 27.1. The van der Waals surface area contributed by atoms with Gasteiger partial charge in [-0.25, -0.2) is 0 Å². The molecule has 2 heterocycles. The molecule has 0 aliphatic carbocycles. The number of amides is 2. The second-order valence-corrected chi connectivity index (χ2v) is 6.43. The van der Waals surface area contributed by atoms with Gasteiger partial charge in [0.2, 0.25) is 5.91 Å². The summed E-state index contributed by atoms with van der Waals surface area (Å²) in [5, 5.41) is 2.96. The van der Waals surface area contributed by atoms with Crippen LogP contribution in [0.5, 0.6) is 0 Å². The number of para-hydroxylation sites is 1. The number of fused-ring (bicyclic) bond motifs is 2. The Kier molecular flexibility index (Phi) is 3.01. The molecule has 0 unspecified atom stereocenters. The predicted molar refractivity (Wildman–Crippen MR) is 88.4 cm³/mol. The van der Waals surface area contributed by atoms with Crippen LogP contribution in [0.25, 0.3) is 0 Å². The number of nitrogens with zero attached hydrogens (tertiary/aromatic N) is 1. The molecule has 1 saturated heterocycles. The average Bonchev–Trinajstić information content (AvgIpc) is 3.11. The lowest BCUT2D eigenvalue weighted by Crippen LogP contribution is -2.39. The van der Waals surface area contributed by atoms with Crippen molar-refractivity contribution in [1.82, 2.24) is 4.90 Å². The van der Waals surface area contributed by atoms with Crippen LogP contribution in [0.4, 0.5) is 5.69 Å². The maximum absolute atomic E-state index is 12.8. The maximum Gasteiger partial charge on any atom is 0.253 e. The first-order valence-electron chi connectivity index (χ1n) is 7.87. The number of benzene rings is 2. The van der Waals surface area contributed by atoms with E-state index >= 15 is 0 Å². The summed E-state index contributed by atoms with van der Waals surface area (Å²) in [7, 11) is 0. The Labute approximate surface area is 135 Å². The zero-order valence-corrected chi connectivity index (χ0v) is 13.0. The van der Waals surface area contributed by atoms with E-state index in [1.165, 1.54) is 0 Å². The number of carbonyl (C=O) groups is 2. The fourth-order valence-corrected chi connectivity index (χ4v) is 3.72. The van der Waals surface area contributed by atoms with Gasteiger partial charge in [0.15, 0.2) is 0 Å². The lowest BCUT2D eigenvalue weighted by atomic mass is 9.81. The Morgan fingerprint density at radius 2 is 2.00 bits per heavy atom. The number of nitrogens with one attached hydrogen (secondary N) is 1. The number of hydrogen-bond donors (Lipinski definition) is 1. The van der Waals surface area contributed by atoms with E-state index in [1.54, 1.807) is 4.90 Å². The summed E-state index contributed by atoms with van der Waals surface area (Å²) in [6.07, 6.45) is 0.674. The molecular formula is C19H18N2O2. The minimum absolute atomic E-state index is 0.00255. The third-order valence-corrected chi connectivity index (χ3v) is 4.95. The van der Waals surface area contributed by atoms with E-state index in [9.17, 15) is 9.59 Å². The van der Waals surface area contributed by atoms with Crippen LogP contribution >= 0.6 is 0 Å². The normalized spacial score (nSPS) is 22.3. The van der Waals surface area contributed by atoms with Gasteiger partial charge in [-0.2, -0.15) is 0 Å². The van der Waals surface area contributed by atoms with Gasteiger partial charge in [-0.3, -0.25) is 9.59 Å². The number of rotatable bonds is 1. The molecule has 2 aliphatic heterocycles. The van der Waals surface area contributed by atoms with Crippen molar-refractivity contribution in [3.63, 3.8) is 0 Å². The molecule has 23 heavy (non-hydrogen) atoms. The van der Waals surface area contributed by atoms with Crippen molar-refractivity contribution in [2.45, 2.75) is 18.8 Å². The molecular weight excluding hydrogens is 288 g/mol. The first-order chi connectivity index (χ1) is 11.1. The minimum atomic E-state index is -0.587.